The Morgan fingerprint density at radius 1 is 1.13 bits per heavy atom. The molecule has 4 heterocycles. The van der Waals surface area contributed by atoms with Gasteiger partial charge in [-0.3, -0.25) is 9.59 Å². The van der Waals surface area contributed by atoms with E-state index in [-0.39, 0.29) is 5.91 Å². The van der Waals surface area contributed by atoms with Crippen molar-refractivity contribution in [3.8, 4) is 0 Å². The Balaban J connectivity index is 1.17. The highest BCUT2D eigenvalue weighted by Gasteiger charge is 2.44. The lowest BCUT2D eigenvalue weighted by Crippen LogP contribution is -2.60. The van der Waals surface area contributed by atoms with E-state index in [2.05, 4.69) is 26.2 Å². The number of hydrogen-bond acceptors (Lipinski definition) is 4. The second-order valence-corrected chi connectivity index (χ2v) is 9.79. The smallest absolute Gasteiger partial charge is 0.252 e. The van der Waals surface area contributed by atoms with E-state index >= 15 is 0 Å². The third-order valence-corrected chi connectivity index (χ3v) is 7.63. The molecule has 5 rings (SSSR count). The molecule has 0 spiro atoms. The summed E-state index contributed by atoms with van der Waals surface area (Å²) < 4.78 is 0. The molecule has 2 unspecified atom stereocenters. The number of allylic oxidation sites excluding steroid dienone is 1. The first-order valence-corrected chi connectivity index (χ1v) is 12.1. The number of aromatic nitrogens is 1. The maximum Gasteiger partial charge on any atom is 0.252 e. The monoisotopic (exact) mass is 422 g/mol. The van der Waals surface area contributed by atoms with Gasteiger partial charge >= 0.3 is 0 Å². The van der Waals surface area contributed by atoms with Gasteiger partial charge in [0.05, 0.1) is 5.56 Å². The van der Waals surface area contributed by atoms with Crippen LogP contribution < -0.4 is 10.2 Å². The Bertz CT molecular complexity index is 850. The van der Waals surface area contributed by atoms with Crippen LogP contribution in [0.15, 0.2) is 30.0 Å². The van der Waals surface area contributed by atoms with Crippen molar-refractivity contribution in [2.75, 3.05) is 31.1 Å². The zero-order valence-electron chi connectivity index (χ0n) is 18.4. The topological polar surface area (TPSA) is 65.5 Å². The summed E-state index contributed by atoms with van der Waals surface area (Å²) in [4.78, 5) is 34.0. The van der Waals surface area contributed by atoms with Gasteiger partial charge < -0.3 is 15.1 Å². The molecule has 3 atom stereocenters. The molecule has 3 aliphatic heterocycles. The summed E-state index contributed by atoms with van der Waals surface area (Å²) in [7, 11) is 0. The van der Waals surface area contributed by atoms with Crippen LogP contribution in [0.1, 0.15) is 68.1 Å². The van der Waals surface area contributed by atoms with E-state index in [1.54, 1.807) is 6.20 Å². The van der Waals surface area contributed by atoms with Crippen molar-refractivity contribution in [3.63, 3.8) is 0 Å². The molecule has 31 heavy (non-hydrogen) atoms. The summed E-state index contributed by atoms with van der Waals surface area (Å²) in [6.07, 6.45) is 14.0. The molecule has 6 heteroatoms. The van der Waals surface area contributed by atoms with E-state index in [9.17, 15) is 9.59 Å². The van der Waals surface area contributed by atoms with E-state index in [4.69, 9.17) is 0 Å². The van der Waals surface area contributed by atoms with E-state index < -0.39 is 0 Å². The predicted molar refractivity (Wildman–Crippen MR) is 121 cm³/mol. The minimum Gasteiger partial charge on any atom is -0.356 e. The summed E-state index contributed by atoms with van der Waals surface area (Å²) in [5, 5.41) is 3.04. The van der Waals surface area contributed by atoms with Gasteiger partial charge in [-0.25, -0.2) is 4.98 Å². The number of nitrogens with one attached hydrogen (secondary N) is 1. The van der Waals surface area contributed by atoms with Gasteiger partial charge in [0.2, 0.25) is 5.91 Å². The number of carbonyl (C=O) groups is 2. The lowest BCUT2D eigenvalue weighted by atomic mass is 9.76. The van der Waals surface area contributed by atoms with Crippen molar-refractivity contribution >= 4 is 17.6 Å². The van der Waals surface area contributed by atoms with Gasteiger partial charge in [0.25, 0.3) is 5.91 Å². The van der Waals surface area contributed by atoms with E-state index in [1.807, 2.05) is 12.1 Å². The highest BCUT2D eigenvalue weighted by molar-refractivity contribution is 5.94. The van der Waals surface area contributed by atoms with Crippen LogP contribution in [0.4, 0.5) is 5.82 Å². The fourth-order valence-electron chi connectivity index (χ4n) is 6.07. The summed E-state index contributed by atoms with van der Waals surface area (Å²) in [5.41, 5.74) is 2.11. The summed E-state index contributed by atoms with van der Waals surface area (Å²) in [6.45, 7) is 3.49. The lowest BCUT2D eigenvalue weighted by molar-refractivity contribution is -0.142. The molecule has 1 aromatic rings. The second-order valence-electron chi connectivity index (χ2n) is 9.79. The van der Waals surface area contributed by atoms with Crippen LogP contribution in [-0.4, -0.2) is 53.9 Å². The van der Waals surface area contributed by atoms with E-state index in [0.717, 1.165) is 51.1 Å². The van der Waals surface area contributed by atoms with Crippen molar-refractivity contribution in [2.24, 2.45) is 11.8 Å². The van der Waals surface area contributed by atoms with Crippen LogP contribution in [0.3, 0.4) is 0 Å². The van der Waals surface area contributed by atoms with Gasteiger partial charge in [-0.2, -0.15) is 0 Å². The zero-order valence-corrected chi connectivity index (χ0v) is 18.4. The standard InChI is InChI=1S/C25H34N4O2/c30-24-8-4-7-22-21-13-19(16-29(22)24)15-28(17-21)23-10-9-20(14-27-23)25(31)26-12-11-18-5-2-1-3-6-18/h5,9-10,14,19,21-22H,1-4,6-8,11-13,15-17H2,(H,26,31)/t19?,21?,22-/m1/s1. The number of piperidine rings is 3. The number of pyridine rings is 1. The molecule has 1 aromatic heterocycles. The van der Waals surface area contributed by atoms with E-state index in [0.29, 0.717) is 35.9 Å². The molecule has 0 saturated carbocycles. The third-order valence-electron chi connectivity index (χ3n) is 7.63. The van der Waals surface area contributed by atoms with Gasteiger partial charge in [-0.05, 0) is 75.3 Å². The molecule has 166 valence electrons. The number of nitrogens with zero attached hydrogens (tertiary/aromatic N) is 3. The summed E-state index contributed by atoms with van der Waals surface area (Å²) >= 11 is 0. The Hall–Kier alpha value is -2.37. The summed E-state index contributed by atoms with van der Waals surface area (Å²) in [5.74, 6) is 2.33. The molecular formula is C25H34N4O2. The fraction of sp³-hybridized carbons (Fsp3) is 0.640. The number of amides is 2. The second kappa shape index (κ2) is 9.01. The number of hydrogen-bond donors (Lipinski definition) is 1. The van der Waals surface area contributed by atoms with Gasteiger partial charge in [0, 0.05) is 44.8 Å². The molecule has 2 bridgehead atoms. The van der Waals surface area contributed by atoms with Crippen molar-refractivity contribution in [3.05, 3.63) is 35.5 Å². The van der Waals surface area contributed by atoms with Crippen LogP contribution in [0.25, 0.3) is 0 Å². The largest absolute Gasteiger partial charge is 0.356 e. The van der Waals surface area contributed by atoms with Gasteiger partial charge in [-0.1, -0.05) is 11.6 Å². The fourth-order valence-corrected chi connectivity index (χ4v) is 6.07. The lowest BCUT2D eigenvalue weighted by Gasteiger charge is -2.52. The van der Waals surface area contributed by atoms with Crippen molar-refractivity contribution in [1.82, 2.24) is 15.2 Å². The van der Waals surface area contributed by atoms with Crippen LogP contribution >= 0.6 is 0 Å². The van der Waals surface area contributed by atoms with E-state index in [1.165, 1.54) is 37.7 Å². The quantitative estimate of drug-likeness (QED) is 0.737. The van der Waals surface area contributed by atoms with Gasteiger partial charge in [-0.15, -0.1) is 0 Å². The molecule has 1 aliphatic carbocycles. The van der Waals surface area contributed by atoms with Gasteiger partial charge in [0.1, 0.15) is 5.82 Å². The predicted octanol–water partition coefficient (Wildman–Crippen LogP) is 3.54. The third kappa shape index (κ3) is 4.48. The first-order valence-electron chi connectivity index (χ1n) is 12.1. The number of rotatable bonds is 5. The molecule has 6 nitrogen and oxygen atoms in total. The number of anilines is 1. The molecule has 0 aromatic carbocycles. The molecule has 1 N–H and O–H groups in total. The first kappa shape index (κ1) is 20.5. The Kier molecular flexibility index (Phi) is 5.97. The highest BCUT2D eigenvalue weighted by Crippen LogP contribution is 2.38. The maximum absolute atomic E-state index is 12.5. The molecule has 3 fully saturated rings. The summed E-state index contributed by atoms with van der Waals surface area (Å²) in [6, 6.07) is 4.30. The molecule has 0 radical (unpaired) electrons. The zero-order chi connectivity index (χ0) is 21.2. The van der Waals surface area contributed by atoms with Crippen LogP contribution in [0.5, 0.6) is 0 Å². The molecule has 2 amide bonds. The number of carbonyl (C=O) groups excluding carboxylic acids is 2. The maximum atomic E-state index is 12.5. The van der Waals surface area contributed by atoms with Crippen LogP contribution in [0.2, 0.25) is 0 Å². The minimum atomic E-state index is -0.0395. The molecule has 3 saturated heterocycles. The van der Waals surface area contributed by atoms with Gasteiger partial charge in [0.15, 0.2) is 0 Å². The highest BCUT2D eigenvalue weighted by atomic mass is 16.2. The van der Waals surface area contributed by atoms with Crippen molar-refractivity contribution in [2.45, 2.75) is 63.8 Å². The first-order chi connectivity index (χ1) is 15.2. The average molecular weight is 423 g/mol. The Morgan fingerprint density at radius 2 is 2.06 bits per heavy atom. The Morgan fingerprint density at radius 3 is 2.87 bits per heavy atom. The SMILES string of the molecule is O=C(NCCC1=CCCCC1)c1ccc(N2CC3CC(C2)[C@H]2CCCC(=O)N2C3)nc1. The molecule has 4 aliphatic rings. The van der Waals surface area contributed by atoms with Crippen molar-refractivity contribution < 1.29 is 9.59 Å². The van der Waals surface area contributed by atoms with Crippen LogP contribution in [0, 0.1) is 11.8 Å². The minimum absolute atomic E-state index is 0.0395. The van der Waals surface area contributed by atoms with Crippen LogP contribution in [-0.2, 0) is 4.79 Å². The van der Waals surface area contributed by atoms with Crippen molar-refractivity contribution in [1.29, 1.82) is 0 Å². The normalized spacial score (nSPS) is 28.1. The average Bonchev–Trinajstić information content (AvgIpc) is 2.80. The Labute approximate surface area is 185 Å². The number of fused-ring (bicyclic) bond motifs is 4. The molecular weight excluding hydrogens is 388 g/mol.